The molecule has 102 valence electrons. The van der Waals surface area contributed by atoms with Crippen molar-refractivity contribution in [1.29, 1.82) is 0 Å². The molecule has 2 rings (SSSR count). The van der Waals surface area contributed by atoms with Crippen LogP contribution in [0.5, 0.6) is 0 Å². The average Bonchev–Trinajstić information content (AvgIpc) is 2.54. The van der Waals surface area contributed by atoms with Gasteiger partial charge in [0.15, 0.2) is 0 Å². The number of aliphatic hydroxyl groups is 1. The van der Waals surface area contributed by atoms with Crippen LogP contribution < -0.4 is 0 Å². The zero-order chi connectivity index (χ0) is 13.8. The van der Waals surface area contributed by atoms with Crippen molar-refractivity contribution in [2.24, 2.45) is 0 Å². The van der Waals surface area contributed by atoms with Gasteiger partial charge < -0.3 is 5.11 Å². The van der Waals surface area contributed by atoms with Gasteiger partial charge in [-0.3, -0.25) is 14.5 Å². The van der Waals surface area contributed by atoms with Gasteiger partial charge in [-0.1, -0.05) is 24.3 Å². The van der Waals surface area contributed by atoms with Gasteiger partial charge in [-0.15, -0.1) is 0 Å². The number of aryl methyl sites for hydroxylation is 1. The van der Waals surface area contributed by atoms with Crippen LogP contribution in [-0.2, 0) is 9.59 Å². The maximum absolute atomic E-state index is 11.9. The number of carbonyl (C=O) groups excluding carboxylic acids is 2. The molecule has 1 fully saturated rings. The van der Waals surface area contributed by atoms with Crippen LogP contribution in [0.4, 0.5) is 0 Å². The molecule has 1 atom stereocenters. The highest BCUT2D eigenvalue weighted by Crippen LogP contribution is 2.21. The van der Waals surface area contributed by atoms with Crippen LogP contribution in [0, 0.1) is 6.92 Å². The van der Waals surface area contributed by atoms with Crippen molar-refractivity contribution in [1.82, 2.24) is 4.90 Å². The Morgan fingerprint density at radius 3 is 2.32 bits per heavy atom. The molecule has 1 heterocycles. The van der Waals surface area contributed by atoms with Gasteiger partial charge in [0.25, 0.3) is 0 Å². The Balaban J connectivity index is 2.13. The summed E-state index contributed by atoms with van der Waals surface area (Å²) in [7, 11) is 0. The summed E-state index contributed by atoms with van der Waals surface area (Å²) < 4.78 is 0. The lowest BCUT2D eigenvalue weighted by Gasteiger charge is -2.23. The Morgan fingerprint density at radius 2 is 1.74 bits per heavy atom. The first kappa shape index (κ1) is 13.7. The van der Waals surface area contributed by atoms with E-state index in [0.717, 1.165) is 24.0 Å². The average molecular weight is 261 g/mol. The zero-order valence-electron chi connectivity index (χ0n) is 11.1. The minimum atomic E-state index is -0.813. The van der Waals surface area contributed by atoms with Gasteiger partial charge in [-0.25, -0.2) is 0 Å². The largest absolute Gasteiger partial charge is 0.387 e. The fourth-order valence-electron chi connectivity index (χ4n) is 2.40. The van der Waals surface area contributed by atoms with Crippen LogP contribution in [0.15, 0.2) is 24.3 Å². The minimum Gasteiger partial charge on any atom is -0.387 e. The maximum Gasteiger partial charge on any atom is 0.229 e. The summed E-state index contributed by atoms with van der Waals surface area (Å²) in [5, 5.41) is 10.2. The van der Waals surface area contributed by atoms with Crippen molar-refractivity contribution < 1.29 is 14.7 Å². The van der Waals surface area contributed by atoms with Gasteiger partial charge in [0.2, 0.25) is 11.8 Å². The molecule has 1 aliphatic rings. The van der Waals surface area contributed by atoms with Gasteiger partial charge in [0.1, 0.15) is 0 Å². The maximum atomic E-state index is 11.9. The number of likely N-dealkylation sites (tertiary alicyclic amines) is 1. The second-order valence-corrected chi connectivity index (χ2v) is 4.98. The van der Waals surface area contributed by atoms with Crippen LogP contribution in [0.25, 0.3) is 0 Å². The monoisotopic (exact) mass is 261 g/mol. The molecule has 0 saturated carbocycles. The topological polar surface area (TPSA) is 57.6 Å². The summed E-state index contributed by atoms with van der Waals surface area (Å²) in [6, 6.07) is 7.48. The lowest BCUT2D eigenvalue weighted by Crippen LogP contribution is -2.38. The number of imide groups is 1. The molecule has 0 aliphatic carbocycles. The second-order valence-electron chi connectivity index (χ2n) is 4.98. The van der Waals surface area contributed by atoms with Crippen molar-refractivity contribution in [3.05, 3.63) is 35.4 Å². The van der Waals surface area contributed by atoms with E-state index in [2.05, 4.69) is 0 Å². The Hall–Kier alpha value is -1.68. The molecule has 1 saturated heterocycles. The summed E-state index contributed by atoms with van der Waals surface area (Å²) in [6.45, 7) is 1.97. The molecule has 4 heteroatoms. The highest BCUT2D eigenvalue weighted by atomic mass is 16.3. The van der Waals surface area contributed by atoms with E-state index in [0.29, 0.717) is 12.8 Å². The molecule has 0 aromatic heterocycles. The van der Waals surface area contributed by atoms with Crippen LogP contribution >= 0.6 is 0 Å². The molecule has 2 amide bonds. The molecule has 1 aromatic carbocycles. The third kappa shape index (κ3) is 3.20. The molecule has 0 radical (unpaired) electrons. The Labute approximate surface area is 113 Å². The fourth-order valence-corrected chi connectivity index (χ4v) is 2.40. The molecule has 0 spiro atoms. The van der Waals surface area contributed by atoms with Crippen LogP contribution in [0.1, 0.15) is 42.9 Å². The Morgan fingerprint density at radius 1 is 1.16 bits per heavy atom. The first-order valence-electron chi connectivity index (χ1n) is 6.66. The minimum absolute atomic E-state index is 0.0581. The molecule has 1 unspecified atom stereocenters. The number of nitrogens with zero attached hydrogens (tertiary/aromatic N) is 1. The summed E-state index contributed by atoms with van der Waals surface area (Å²) in [5.74, 6) is -0.342. The Bertz CT molecular complexity index is 466. The van der Waals surface area contributed by atoms with Crippen molar-refractivity contribution in [3.63, 3.8) is 0 Å². The molecular formula is C15H19NO3. The predicted octanol–water partition coefficient (Wildman–Crippen LogP) is 1.96. The summed E-state index contributed by atoms with van der Waals surface area (Å²) >= 11 is 0. The quantitative estimate of drug-likeness (QED) is 0.846. The van der Waals surface area contributed by atoms with Crippen molar-refractivity contribution in [2.75, 3.05) is 6.54 Å². The molecule has 1 N–H and O–H groups in total. The van der Waals surface area contributed by atoms with Gasteiger partial charge in [-0.2, -0.15) is 0 Å². The number of rotatable bonds is 3. The number of benzene rings is 1. The standard InChI is InChI=1S/C15H19NO3/c1-11-6-2-3-7-12(11)13(17)10-16-14(18)8-4-5-9-15(16)19/h2-3,6-7,13,17H,4-5,8-10H2,1H3. The number of aliphatic hydroxyl groups excluding tert-OH is 1. The van der Waals surface area contributed by atoms with E-state index in [1.165, 1.54) is 4.90 Å². The van der Waals surface area contributed by atoms with Crippen molar-refractivity contribution in [2.45, 2.75) is 38.7 Å². The number of hydrogen-bond donors (Lipinski definition) is 1. The van der Waals surface area contributed by atoms with Crippen LogP contribution in [0.3, 0.4) is 0 Å². The second kappa shape index (κ2) is 5.97. The zero-order valence-corrected chi connectivity index (χ0v) is 11.1. The van der Waals surface area contributed by atoms with E-state index in [1.54, 1.807) is 0 Å². The Kier molecular flexibility index (Phi) is 4.32. The lowest BCUT2D eigenvalue weighted by molar-refractivity contribution is -0.145. The van der Waals surface area contributed by atoms with E-state index >= 15 is 0 Å². The summed E-state index contributed by atoms with van der Waals surface area (Å²) in [4.78, 5) is 25.0. The highest BCUT2D eigenvalue weighted by molar-refractivity contribution is 5.96. The number of β-amino-alcohol motifs (C(OH)–C–C–N with tert-alkyl or cyclic N) is 1. The third-order valence-corrected chi connectivity index (χ3v) is 3.54. The molecule has 1 aromatic rings. The van der Waals surface area contributed by atoms with Crippen LogP contribution in [0.2, 0.25) is 0 Å². The summed E-state index contributed by atoms with van der Waals surface area (Å²) in [5.41, 5.74) is 1.73. The van der Waals surface area contributed by atoms with Gasteiger partial charge in [-0.05, 0) is 30.9 Å². The SMILES string of the molecule is Cc1ccccc1C(O)CN1C(=O)CCCCC1=O. The van der Waals surface area contributed by atoms with E-state index < -0.39 is 6.10 Å². The van der Waals surface area contributed by atoms with E-state index in [9.17, 15) is 14.7 Å². The highest BCUT2D eigenvalue weighted by Gasteiger charge is 2.26. The molecule has 0 bridgehead atoms. The van der Waals surface area contributed by atoms with Crippen LogP contribution in [-0.4, -0.2) is 28.4 Å². The number of amides is 2. The van der Waals surface area contributed by atoms with Crippen molar-refractivity contribution in [3.8, 4) is 0 Å². The predicted molar refractivity (Wildman–Crippen MR) is 71.3 cm³/mol. The summed E-state index contributed by atoms with van der Waals surface area (Å²) in [6.07, 6.45) is 1.48. The number of hydrogen-bond acceptors (Lipinski definition) is 3. The first-order valence-corrected chi connectivity index (χ1v) is 6.66. The lowest BCUT2D eigenvalue weighted by atomic mass is 10.0. The van der Waals surface area contributed by atoms with Gasteiger partial charge in [0, 0.05) is 12.8 Å². The first-order chi connectivity index (χ1) is 9.09. The number of carbonyl (C=O) groups is 2. The smallest absolute Gasteiger partial charge is 0.229 e. The van der Waals surface area contributed by atoms with Gasteiger partial charge >= 0.3 is 0 Å². The van der Waals surface area contributed by atoms with E-state index in [4.69, 9.17) is 0 Å². The van der Waals surface area contributed by atoms with Gasteiger partial charge in [0.05, 0.1) is 12.6 Å². The molecule has 1 aliphatic heterocycles. The van der Waals surface area contributed by atoms with Crippen molar-refractivity contribution >= 4 is 11.8 Å². The molecule has 19 heavy (non-hydrogen) atoms. The van der Waals surface area contributed by atoms with E-state index in [-0.39, 0.29) is 18.4 Å². The molecule has 4 nitrogen and oxygen atoms in total. The third-order valence-electron chi connectivity index (χ3n) is 3.54. The normalized spacial score (nSPS) is 18.3. The fraction of sp³-hybridized carbons (Fsp3) is 0.467. The molecular weight excluding hydrogens is 242 g/mol. The van der Waals surface area contributed by atoms with E-state index in [1.807, 2.05) is 31.2 Å².